The second-order valence-corrected chi connectivity index (χ2v) is 5.04. The predicted octanol–water partition coefficient (Wildman–Crippen LogP) is 2.51. The van der Waals surface area contributed by atoms with Crippen molar-refractivity contribution < 1.29 is 5.11 Å². The van der Waals surface area contributed by atoms with Gasteiger partial charge in [-0.05, 0) is 24.1 Å². The van der Waals surface area contributed by atoms with Crippen LogP contribution in [0.25, 0.3) is 10.9 Å². The van der Waals surface area contributed by atoms with Crippen molar-refractivity contribution in [3.05, 3.63) is 54.2 Å². The Balaban J connectivity index is 1.90. The molecule has 0 spiro atoms. The van der Waals surface area contributed by atoms with Gasteiger partial charge in [0.25, 0.3) is 0 Å². The summed E-state index contributed by atoms with van der Waals surface area (Å²) in [5, 5.41) is 15.8. The standard InChI is InChI=1S/C16H18N4O/c1-2-9-20-16(18-11-19-20)10-15(21)13-7-8-17-14-6-4-3-5-12(13)14/h3-8,11,15,21H,2,9-10H2,1H3. The van der Waals surface area contributed by atoms with Crippen molar-refractivity contribution >= 4 is 10.9 Å². The van der Waals surface area contributed by atoms with Crippen LogP contribution in [0.2, 0.25) is 0 Å². The van der Waals surface area contributed by atoms with Gasteiger partial charge in [0.15, 0.2) is 0 Å². The molecule has 0 amide bonds. The molecule has 1 aromatic carbocycles. The van der Waals surface area contributed by atoms with Gasteiger partial charge >= 0.3 is 0 Å². The number of hydrogen-bond donors (Lipinski definition) is 1. The summed E-state index contributed by atoms with van der Waals surface area (Å²) in [6.07, 6.45) is 4.11. The predicted molar refractivity (Wildman–Crippen MR) is 80.7 cm³/mol. The minimum absolute atomic E-state index is 0.452. The lowest BCUT2D eigenvalue weighted by Crippen LogP contribution is -2.10. The normalized spacial score (nSPS) is 12.7. The Morgan fingerprint density at radius 2 is 2.05 bits per heavy atom. The summed E-state index contributed by atoms with van der Waals surface area (Å²) < 4.78 is 1.85. The maximum atomic E-state index is 10.6. The number of nitrogens with zero attached hydrogens (tertiary/aromatic N) is 4. The molecule has 3 aromatic rings. The average molecular weight is 282 g/mol. The van der Waals surface area contributed by atoms with E-state index in [-0.39, 0.29) is 0 Å². The Morgan fingerprint density at radius 3 is 2.90 bits per heavy atom. The molecule has 108 valence electrons. The molecule has 0 saturated heterocycles. The van der Waals surface area contributed by atoms with E-state index in [9.17, 15) is 5.11 Å². The van der Waals surface area contributed by atoms with E-state index in [0.29, 0.717) is 6.42 Å². The van der Waals surface area contributed by atoms with Crippen molar-refractivity contribution in [2.24, 2.45) is 0 Å². The van der Waals surface area contributed by atoms with E-state index in [1.165, 1.54) is 0 Å². The van der Waals surface area contributed by atoms with E-state index in [0.717, 1.165) is 35.3 Å². The summed E-state index contributed by atoms with van der Waals surface area (Å²) in [6, 6.07) is 9.71. The highest BCUT2D eigenvalue weighted by molar-refractivity contribution is 5.82. The number of hydrogen-bond acceptors (Lipinski definition) is 4. The Kier molecular flexibility index (Phi) is 3.92. The van der Waals surface area contributed by atoms with Crippen molar-refractivity contribution in [1.82, 2.24) is 19.7 Å². The van der Waals surface area contributed by atoms with Gasteiger partial charge in [0, 0.05) is 24.5 Å². The van der Waals surface area contributed by atoms with Crippen LogP contribution in [0.4, 0.5) is 0 Å². The van der Waals surface area contributed by atoms with Gasteiger partial charge in [-0.3, -0.25) is 9.67 Å². The molecule has 0 radical (unpaired) electrons. The van der Waals surface area contributed by atoms with E-state index in [1.54, 1.807) is 12.5 Å². The van der Waals surface area contributed by atoms with E-state index in [4.69, 9.17) is 0 Å². The fourth-order valence-electron chi connectivity index (χ4n) is 2.54. The Labute approximate surface area is 123 Å². The number of rotatable bonds is 5. The number of benzene rings is 1. The lowest BCUT2D eigenvalue weighted by Gasteiger charge is -2.13. The van der Waals surface area contributed by atoms with Crippen LogP contribution in [0.5, 0.6) is 0 Å². The van der Waals surface area contributed by atoms with Crippen LogP contribution in [0.15, 0.2) is 42.9 Å². The fourth-order valence-corrected chi connectivity index (χ4v) is 2.54. The lowest BCUT2D eigenvalue weighted by molar-refractivity contribution is 0.175. The zero-order valence-corrected chi connectivity index (χ0v) is 12.0. The van der Waals surface area contributed by atoms with Crippen LogP contribution in [0, 0.1) is 0 Å². The molecule has 0 bridgehead atoms. The van der Waals surface area contributed by atoms with Gasteiger partial charge in [0.05, 0.1) is 11.6 Å². The SMILES string of the molecule is CCCn1ncnc1CC(O)c1ccnc2ccccc12. The average Bonchev–Trinajstić information content (AvgIpc) is 2.94. The molecule has 0 aliphatic carbocycles. The van der Waals surface area contributed by atoms with E-state index in [1.807, 2.05) is 35.0 Å². The van der Waals surface area contributed by atoms with E-state index >= 15 is 0 Å². The zero-order chi connectivity index (χ0) is 14.7. The molecule has 2 heterocycles. The van der Waals surface area contributed by atoms with Gasteiger partial charge in [-0.15, -0.1) is 0 Å². The van der Waals surface area contributed by atoms with Gasteiger partial charge < -0.3 is 5.11 Å². The lowest BCUT2D eigenvalue weighted by atomic mass is 10.0. The zero-order valence-electron chi connectivity index (χ0n) is 12.0. The summed E-state index contributed by atoms with van der Waals surface area (Å²) in [5.41, 5.74) is 1.77. The van der Waals surface area contributed by atoms with Gasteiger partial charge in [0.1, 0.15) is 12.2 Å². The third-order valence-electron chi connectivity index (χ3n) is 3.55. The highest BCUT2D eigenvalue weighted by Gasteiger charge is 2.15. The number of aliphatic hydroxyl groups excluding tert-OH is 1. The molecule has 1 N–H and O–H groups in total. The summed E-state index contributed by atoms with van der Waals surface area (Å²) in [7, 11) is 0. The molecule has 2 aromatic heterocycles. The molecule has 3 rings (SSSR count). The van der Waals surface area contributed by atoms with Crippen LogP contribution in [0.3, 0.4) is 0 Å². The Morgan fingerprint density at radius 1 is 1.19 bits per heavy atom. The number of para-hydroxylation sites is 1. The second kappa shape index (κ2) is 6.01. The number of aryl methyl sites for hydroxylation is 1. The molecule has 0 saturated carbocycles. The molecule has 1 atom stereocenters. The maximum Gasteiger partial charge on any atom is 0.138 e. The highest BCUT2D eigenvalue weighted by atomic mass is 16.3. The van der Waals surface area contributed by atoms with Gasteiger partial charge in [-0.2, -0.15) is 5.10 Å². The van der Waals surface area contributed by atoms with Crippen LogP contribution in [-0.2, 0) is 13.0 Å². The molecular formula is C16H18N4O. The Bertz CT molecular complexity index is 732. The van der Waals surface area contributed by atoms with Crippen LogP contribution < -0.4 is 0 Å². The van der Waals surface area contributed by atoms with Crippen molar-refractivity contribution in [2.45, 2.75) is 32.4 Å². The fraction of sp³-hybridized carbons (Fsp3) is 0.312. The third-order valence-corrected chi connectivity index (χ3v) is 3.55. The maximum absolute atomic E-state index is 10.6. The van der Waals surface area contributed by atoms with Gasteiger partial charge in [0.2, 0.25) is 0 Å². The number of pyridine rings is 1. The summed E-state index contributed by atoms with van der Waals surface area (Å²) in [4.78, 5) is 8.58. The number of aliphatic hydroxyl groups is 1. The first-order valence-electron chi connectivity index (χ1n) is 7.18. The molecule has 0 fully saturated rings. The summed E-state index contributed by atoms with van der Waals surface area (Å²) in [5.74, 6) is 0.810. The minimum Gasteiger partial charge on any atom is -0.388 e. The van der Waals surface area contributed by atoms with Crippen molar-refractivity contribution in [3.8, 4) is 0 Å². The topological polar surface area (TPSA) is 63.8 Å². The Hall–Kier alpha value is -2.27. The summed E-state index contributed by atoms with van der Waals surface area (Å²) in [6.45, 7) is 2.91. The van der Waals surface area contributed by atoms with Crippen LogP contribution in [0.1, 0.15) is 30.8 Å². The van der Waals surface area contributed by atoms with Crippen molar-refractivity contribution in [3.63, 3.8) is 0 Å². The van der Waals surface area contributed by atoms with Crippen molar-refractivity contribution in [1.29, 1.82) is 0 Å². The summed E-state index contributed by atoms with van der Waals surface area (Å²) >= 11 is 0. The molecule has 5 heteroatoms. The molecule has 0 aliphatic rings. The quantitative estimate of drug-likeness (QED) is 0.781. The van der Waals surface area contributed by atoms with Gasteiger partial charge in [-0.25, -0.2) is 4.98 Å². The molecule has 0 aliphatic heterocycles. The first kappa shape index (κ1) is 13.7. The van der Waals surface area contributed by atoms with Crippen molar-refractivity contribution in [2.75, 3.05) is 0 Å². The number of aromatic nitrogens is 4. The molecule has 21 heavy (non-hydrogen) atoms. The molecule has 5 nitrogen and oxygen atoms in total. The minimum atomic E-state index is -0.613. The largest absolute Gasteiger partial charge is 0.388 e. The molecular weight excluding hydrogens is 264 g/mol. The second-order valence-electron chi connectivity index (χ2n) is 5.04. The highest BCUT2D eigenvalue weighted by Crippen LogP contribution is 2.24. The monoisotopic (exact) mass is 282 g/mol. The smallest absolute Gasteiger partial charge is 0.138 e. The first-order chi connectivity index (χ1) is 10.3. The van der Waals surface area contributed by atoms with Crippen LogP contribution in [-0.4, -0.2) is 24.9 Å². The van der Waals surface area contributed by atoms with E-state index < -0.39 is 6.10 Å². The van der Waals surface area contributed by atoms with Gasteiger partial charge in [-0.1, -0.05) is 25.1 Å². The van der Waals surface area contributed by atoms with Crippen LogP contribution >= 0.6 is 0 Å². The number of fused-ring (bicyclic) bond motifs is 1. The van der Waals surface area contributed by atoms with E-state index in [2.05, 4.69) is 22.0 Å². The first-order valence-corrected chi connectivity index (χ1v) is 7.18. The third kappa shape index (κ3) is 2.78. The molecule has 1 unspecified atom stereocenters.